The van der Waals surface area contributed by atoms with E-state index in [1.54, 1.807) is 27.7 Å². The maximum absolute atomic E-state index is 12.2. The Morgan fingerprint density at radius 1 is 0.840 bits per heavy atom. The van der Waals surface area contributed by atoms with Crippen molar-refractivity contribution in [3.8, 4) is 0 Å². The zero-order valence-corrected chi connectivity index (χ0v) is 17.4. The summed E-state index contributed by atoms with van der Waals surface area (Å²) in [5.41, 5.74) is 0.126. The molecule has 0 saturated heterocycles. The summed E-state index contributed by atoms with van der Waals surface area (Å²) < 4.78 is 24.4. The fourth-order valence-electron chi connectivity index (χ4n) is 3.32. The first-order valence-electron chi connectivity index (χ1n) is 8.15. The fraction of sp³-hybridized carbons (Fsp3) is 0.667. The maximum atomic E-state index is 12.2. The van der Waals surface area contributed by atoms with Gasteiger partial charge in [-0.15, -0.1) is 0 Å². The van der Waals surface area contributed by atoms with E-state index in [9.17, 15) is 28.7 Å². The molecule has 1 heterocycles. The van der Waals surface area contributed by atoms with Crippen molar-refractivity contribution in [3.63, 3.8) is 0 Å². The van der Waals surface area contributed by atoms with Crippen LogP contribution in [0.1, 0.15) is 64.8 Å². The third kappa shape index (κ3) is 3.89. The van der Waals surface area contributed by atoms with Gasteiger partial charge in [0.25, 0.3) is 0 Å². The molecule has 0 atom stereocenters. The van der Waals surface area contributed by atoms with Gasteiger partial charge < -0.3 is 19.6 Å². The Kier molecular flexibility index (Phi) is 7.08. The second-order valence-electron chi connectivity index (χ2n) is 6.12. The maximum Gasteiger partial charge on any atom is 0.337 e. The molecule has 1 aromatic heterocycles. The van der Waals surface area contributed by atoms with Gasteiger partial charge in [0.05, 0.1) is 11.4 Å². The van der Waals surface area contributed by atoms with Crippen molar-refractivity contribution >= 4 is 26.8 Å². The summed E-state index contributed by atoms with van der Waals surface area (Å²) >= 11 is 6.14. The summed E-state index contributed by atoms with van der Waals surface area (Å²) in [7, 11) is -9.19. The molecular weight excluding hydrogens is 388 g/mol. The van der Waals surface area contributed by atoms with Crippen LogP contribution in [0.25, 0.3) is 0 Å². The third-order valence-electron chi connectivity index (χ3n) is 5.20. The van der Waals surface area contributed by atoms with Gasteiger partial charge in [-0.3, -0.25) is 14.1 Å². The number of aromatic nitrogens is 1. The molecule has 25 heavy (non-hydrogen) atoms. The summed E-state index contributed by atoms with van der Waals surface area (Å²) in [4.78, 5) is 44.0. The molecule has 0 amide bonds. The lowest BCUT2D eigenvalue weighted by molar-refractivity contribution is 0.307. The minimum absolute atomic E-state index is 0.0630. The first-order valence-corrected chi connectivity index (χ1v) is 11.7. The average molecular weight is 414 g/mol. The molecule has 7 nitrogen and oxygen atoms in total. The van der Waals surface area contributed by atoms with Gasteiger partial charge in [0.1, 0.15) is 10.3 Å². The topological polar surface area (TPSA) is 128 Å². The lowest BCUT2D eigenvalue weighted by atomic mass is 9.93. The quantitative estimate of drug-likeness (QED) is 0.472. The Morgan fingerprint density at radius 2 is 1.12 bits per heavy atom. The van der Waals surface area contributed by atoms with Gasteiger partial charge in [0.15, 0.2) is 0 Å². The molecule has 4 N–H and O–H groups in total. The molecule has 0 saturated carbocycles. The number of pyridine rings is 1. The van der Waals surface area contributed by atoms with Crippen LogP contribution < -0.4 is 0 Å². The molecule has 1 aromatic rings. The zero-order chi connectivity index (χ0) is 19.7. The van der Waals surface area contributed by atoms with E-state index in [-0.39, 0.29) is 42.1 Å². The summed E-state index contributed by atoms with van der Waals surface area (Å²) in [5, 5.41) is -2.96. The van der Waals surface area contributed by atoms with Crippen molar-refractivity contribution in [2.24, 2.45) is 0 Å². The Balaban J connectivity index is 3.83. The average Bonchev–Trinajstić information content (AvgIpc) is 2.47. The van der Waals surface area contributed by atoms with E-state index in [1.807, 2.05) is 0 Å². The smallest absolute Gasteiger partial charge is 0.324 e. The number of halogens is 1. The van der Waals surface area contributed by atoms with Crippen LogP contribution in [-0.2, 0) is 19.4 Å². The molecule has 144 valence electrons. The second-order valence-corrected chi connectivity index (χ2v) is 10.4. The Hall–Kier alpha value is -0.260. The van der Waals surface area contributed by atoms with E-state index >= 15 is 0 Å². The molecule has 0 aliphatic heterocycles. The largest absolute Gasteiger partial charge is 0.337 e. The van der Waals surface area contributed by atoms with E-state index in [0.717, 1.165) is 0 Å². The predicted octanol–water partition coefficient (Wildman–Crippen LogP) is 4.12. The molecule has 0 bridgehead atoms. The van der Waals surface area contributed by atoms with Crippen LogP contribution in [0.5, 0.6) is 0 Å². The van der Waals surface area contributed by atoms with E-state index in [2.05, 4.69) is 4.98 Å². The van der Waals surface area contributed by atoms with Crippen LogP contribution in [0.3, 0.4) is 0 Å². The van der Waals surface area contributed by atoms with Gasteiger partial charge in [0.2, 0.25) is 0 Å². The first kappa shape index (κ1) is 22.8. The van der Waals surface area contributed by atoms with E-state index in [0.29, 0.717) is 0 Å². The summed E-state index contributed by atoms with van der Waals surface area (Å²) in [6.07, 6.45) is 0.451. The third-order valence-corrected chi connectivity index (χ3v) is 9.37. The van der Waals surface area contributed by atoms with Crippen LogP contribution in [0.4, 0.5) is 0 Å². The molecule has 0 aliphatic carbocycles. The number of hydrogen-bond acceptors (Lipinski definition) is 3. The summed E-state index contributed by atoms with van der Waals surface area (Å²) in [6, 6.07) is 2.74. The second kappa shape index (κ2) is 7.77. The lowest BCUT2D eigenvalue weighted by Crippen LogP contribution is -2.30. The van der Waals surface area contributed by atoms with Crippen LogP contribution in [0.15, 0.2) is 12.1 Å². The molecule has 0 unspecified atom stereocenters. The SMILES string of the molecule is CCC(CC)(c1cc(Cl)cc(C(CC)(CC)P(=O)(O)O)n1)P(=O)(O)O. The molecule has 0 radical (unpaired) electrons. The van der Waals surface area contributed by atoms with Gasteiger partial charge in [0, 0.05) is 5.02 Å². The lowest BCUT2D eigenvalue weighted by Gasteiger charge is -2.35. The molecule has 0 spiro atoms. The highest BCUT2D eigenvalue weighted by Gasteiger charge is 2.50. The van der Waals surface area contributed by atoms with Crippen LogP contribution in [-0.4, -0.2) is 24.6 Å². The van der Waals surface area contributed by atoms with Crippen molar-refractivity contribution in [1.82, 2.24) is 4.98 Å². The Morgan fingerprint density at radius 3 is 1.32 bits per heavy atom. The molecule has 1 rings (SSSR count). The van der Waals surface area contributed by atoms with Gasteiger partial charge >= 0.3 is 15.2 Å². The normalized spacial score (nSPS) is 14.0. The van der Waals surface area contributed by atoms with E-state index < -0.39 is 25.5 Å². The van der Waals surface area contributed by atoms with Crippen LogP contribution >= 0.6 is 26.8 Å². The van der Waals surface area contributed by atoms with Gasteiger partial charge in [-0.1, -0.05) is 39.3 Å². The van der Waals surface area contributed by atoms with E-state index in [4.69, 9.17) is 11.6 Å². The van der Waals surface area contributed by atoms with Crippen molar-refractivity contribution in [3.05, 3.63) is 28.5 Å². The highest BCUT2D eigenvalue weighted by Crippen LogP contribution is 2.63. The monoisotopic (exact) mass is 413 g/mol. The number of hydrogen-bond donors (Lipinski definition) is 4. The van der Waals surface area contributed by atoms with Crippen molar-refractivity contribution < 1.29 is 28.7 Å². The van der Waals surface area contributed by atoms with Crippen molar-refractivity contribution in [2.75, 3.05) is 0 Å². The minimum Gasteiger partial charge on any atom is -0.324 e. The summed E-state index contributed by atoms with van der Waals surface area (Å²) in [5.74, 6) is 0. The summed E-state index contributed by atoms with van der Waals surface area (Å²) in [6.45, 7) is 6.56. The molecule has 10 heteroatoms. The highest BCUT2D eigenvalue weighted by atomic mass is 35.5. The Bertz CT molecular complexity index is 650. The molecule has 0 aromatic carbocycles. The number of nitrogens with zero attached hydrogens (tertiary/aromatic N) is 1. The standard InChI is InChI=1S/C15H26ClNO6P2/c1-5-14(6-2,24(18,19)20)12-9-11(16)10-13(17-12)15(7-3,8-4)25(21,22)23/h9-10H,5-8H2,1-4H3,(H2,18,19,20)(H2,21,22,23). The highest BCUT2D eigenvalue weighted by molar-refractivity contribution is 7.53. The predicted molar refractivity (Wildman–Crippen MR) is 97.9 cm³/mol. The molecule has 0 aliphatic rings. The van der Waals surface area contributed by atoms with Crippen LogP contribution in [0.2, 0.25) is 5.02 Å². The number of rotatable bonds is 8. The van der Waals surface area contributed by atoms with Gasteiger partial charge in [-0.2, -0.15) is 0 Å². The van der Waals surface area contributed by atoms with Gasteiger partial charge in [-0.05, 0) is 37.8 Å². The minimum atomic E-state index is -4.59. The van der Waals surface area contributed by atoms with Crippen molar-refractivity contribution in [2.45, 2.75) is 63.7 Å². The molecular formula is C15H26ClNO6P2. The Labute approximate surface area is 153 Å². The van der Waals surface area contributed by atoms with Gasteiger partial charge in [-0.25, -0.2) is 0 Å². The van der Waals surface area contributed by atoms with Crippen LogP contribution in [0, 0.1) is 0 Å². The first-order chi connectivity index (χ1) is 11.3. The molecule has 0 fully saturated rings. The zero-order valence-electron chi connectivity index (χ0n) is 14.8. The van der Waals surface area contributed by atoms with E-state index in [1.165, 1.54) is 12.1 Å². The van der Waals surface area contributed by atoms with Crippen molar-refractivity contribution in [1.29, 1.82) is 0 Å². The fourth-order valence-corrected chi connectivity index (χ4v) is 6.00.